The number of rotatable bonds is 4. The standard InChI is InChI=1S/C16H13F4N2O7P/c17-7-1-9(18)8(10(19)2-7)5-26-30(25)27-6-13-12(29-30)3-14(28-13)22-4-11(20)15(23)21-16(22)24/h1-2,4,12-14,25H,3,5-6H2/p+1/t12-,13+,14+,30?/m0/s1. The van der Waals surface area contributed by atoms with Crippen LogP contribution in [0.25, 0.3) is 0 Å². The van der Waals surface area contributed by atoms with Crippen LogP contribution in [0.1, 0.15) is 18.2 Å². The number of nitrogens with one attached hydrogen (secondary N) is 1. The lowest BCUT2D eigenvalue weighted by Crippen LogP contribution is -2.35. The molecule has 0 bridgehead atoms. The molecule has 0 spiro atoms. The zero-order chi connectivity index (χ0) is 21.6. The molecule has 2 N–H and O–H groups in total. The number of benzene rings is 1. The van der Waals surface area contributed by atoms with Gasteiger partial charge in [-0.3, -0.25) is 14.3 Å². The van der Waals surface area contributed by atoms with Gasteiger partial charge in [0.1, 0.15) is 49.1 Å². The second-order valence-corrected chi connectivity index (χ2v) is 8.20. The Morgan fingerprint density at radius 2 is 1.87 bits per heavy atom. The lowest BCUT2D eigenvalue weighted by molar-refractivity contribution is -0.0830. The van der Waals surface area contributed by atoms with Gasteiger partial charge in [0.2, 0.25) is 5.82 Å². The molecule has 4 rings (SSSR count). The highest BCUT2D eigenvalue weighted by Gasteiger charge is 2.58. The average molecular weight is 453 g/mol. The Labute approximate surface area is 165 Å². The maximum Gasteiger partial charge on any atom is 0.573 e. The quantitative estimate of drug-likeness (QED) is 0.535. The summed E-state index contributed by atoms with van der Waals surface area (Å²) in [7, 11) is -4.02. The summed E-state index contributed by atoms with van der Waals surface area (Å²) in [5, 5.41) is 0. The normalized spacial score (nSPS) is 28.5. The van der Waals surface area contributed by atoms with Gasteiger partial charge in [0.05, 0.1) is 11.8 Å². The van der Waals surface area contributed by atoms with Crippen molar-refractivity contribution in [1.82, 2.24) is 9.55 Å². The van der Waals surface area contributed by atoms with E-state index in [4.69, 9.17) is 18.3 Å². The third-order valence-corrected chi connectivity index (χ3v) is 6.03. The lowest BCUT2D eigenvalue weighted by Gasteiger charge is -2.26. The van der Waals surface area contributed by atoms with Gasteiger partial charge in [0.15, 0.2) is 0 Å². The predicted molar refractivity (Wildman–Crippen MR) is 90.9 cm³/mol. The molecule has 4 atom stereocenters. The predicted octanol–water partition coefficient (Wildman–Crippen LogP) is 1.68. The summed E-state index contributed by atoms with van der Waals surface area (Å²) in [6.07, 6.45) is -2.00. The number of H-pyrrole nitrogens is 1. The topological polar surface area (TPSA) is 112 Å². The first-order chi connectivity index (χ1) is 14.1. The zero-order valence-electron chi connectivity index (χ0n) is 14.9. The molecule has 0 aliphatic carbocycles. The van der Waals surface area contributed by atoms with Gasteiger partial charge in [-0.2, -0.15) is 13.8 Å². The van der Waals surface area contributed by atoms with E-state index in [9.17, 15) is 32.0 Å². The fourth-order valence-corrected chi connectivity index (χ4v) is 4.49. The lowest BCUT2D eigenvalue weighted by atomic mass is 10.2. The number of halogens is 4. The highest BCUT2D eigenvalue weighted by atomic mass is 31.2. The third kappa shape index (κ3) is 4.04. The SMILES string of the molecule is O=c1[nH]c(=O)n([C@H]2C[C@@H]3O[P+](O)(OCc4c(F)cc(F)cc4F)OC[C@H]3O2)cc1F. The van der Waals surface area contributed by atoms with Crippen LogP contribution < -0.4 is 11.2 Å². The van der Waals surface area contributed by atoms with E-state index in [0.29, 0.717) is 18.3 Å². The average Bonchev–Trinajstić information content (AvgIpc) is 3.06. The van der Waals surface area contributed by atoms with Crippen LogP contribution in [0.5, 0.6) is 0 Å². The number of hydrogen-bond donors (Lipinski definition) is 2. The Balaban J connectivity index is 1.45. The van der Waals surface area contributed by atoms with Crippen molar-refractivity contribution in [2.45, 2.75) is 31.5 Å². The number of aromatic nitrogens is 2. The molecular weight excluding hydrogens is 439 g/mol. The number of aromatic amines is 1. The van der Waals surface area contributed by atoms with Gasteiger partial charge in [0.25, 0.3) is 5.56 Å². The Morgan fingerprint density at radius 1 is 1.17 bits per heavy atom. The molecule has 2 aliphatic heterocycles. The van der Waals surface area contributed by atoms with E-state index < -0.39 is 73.3 Å². The molecule has 2 fully saturated rings. The van der Waals surface area contributed by atoms with Crippen molar-refractivity contribution in [3.05, 3.63) is 68.0 Å². The Morgan fingerprint density at radius 3 is 2.57 bits per heavy atom. The van der Waals surface area contributed by atoms with E-state index >= 15 is 0 Å². The summed E-state index contributed by atoms with van der Waals surface area (Å²) < 4.78 is 75.8. The van der Waals surface area contributed by atoms with Crippen molar-refractivity contribution in [1.29, 1.82) is 0 Å². The maximum absolute atomic E-state index is 13.7. The fraction of sp³-hybridized carbons (Fsp3) is 0.375. The van der Waals surface area contributed by atoms with Gasteiger partial charge in [-0.05, 0) is 0 Å². The number of hydrogen-bond acceptors (Lipinski definition) is 7. The molecule has 0 amide bonds. The fourth-order valence-electron chi connectivity index (χ4n) is 3.10. The first-order valence-corrected chi connectivity index (χ1v) is 10.0. The van der Waals surface area contributed by atoms with E-state index in [1.807, 2.05) is 0 Å². The van der Waals surface area contributed by atoms with Gasteiger partial charge >= 0.3 is 13.9 Å². The third-order valence-electron chi connectivity index (χ3n) is 4.56. The molecule has 2 saturated heterocycles. The molecule has 2 aromatic rings. The summed E-state index contributed by atoms with van der Waals surface area (Å²) in [4.78, 5) is 35.2. The summed E-state index contributed by atoms with van der Waals surface area (Å²) >= 11 is 0. The van der Waals surface area contributed by atoms with E-state index in [2.05, 4.69) is 0 Å². The van der Waals surface area contributed by atoms with Gasteiger partial charge in [-0.1, -0.05) is 0 Å². The van der Waals surface area contributed by atoms with Crippen LogP contribution in [0.4, 0.5) is 17.6 Å². The van der Waals surface area contributed by atoms with Crippen molar-refractivity contribution >= 4 is 8.17 Å². The molecule has 0 saturated carbocycles. The van der Waals surface area contributed by atoms with Crippen LogP contribution >= 0.6 is 8.17 Å². The summed E-state index contributed by atoms with van der Waals surface area (Å²) in [6.45, 7) is -1.05. The minimum absolute atomic E-state index is 0.0373. The molecule has 14 heteroatoms. The second kappa shape index (κ2) is 7.84. The Bertz CT molecular complexity index is 1070. The molecule has 3 heterocycles. The molecule has 9 nitrogen and oxygen atoms in total. The van der Waals surface area contributed by atoms with Crippen LogP contribution in [0.2, 0.25) is 0 Å². The molecule has 2 aliphatic rings. The van der Waals surface area contributed by atoms with E-state index in [1.165, 1.54) is 0 Å². The van der Waals surface area contributed by atoms with Crippen molar-refractivity contribution in [3.8, 4) is 0 Å². The van der Waals surface area contributed by atoms with Gasteiger partial charge in [0, 0.05) is 18.6 Å². The Kier molecular flexibility index (Phi) is 5.51. The van der Waals surface area contributed by atoms with Gasteiger partial charge in [-0.15, -0.1) is 9.05 Å². The smallest absolute Gasteiger partial charge is 0.349 e. The van der Waals surface area contributed by atoms with E-state index in [0.717, 1.165) is 4.57 Å². The monoisotopic (exact) mass is 453 g/mol. The van der Waals surface area contributed by atoms with E-state index in [-0.39, 0.29) is 13.0 Å². The molecule has 30 heavy (non-hydrogen) atoms. The number of ether oxygens (including phenoxy) is 1. The number of fused-ring (bicyclic) bond motifs is 1. The molecule has 1 unspecified atom stereocenters. The summed E-state index contributed by atoms with van der Waals surface area (Å²) in [5.74, 6) is -4.73. The van der Waals surface area contributed by atoms with Crippen LogP contribution in [-0.4, -0.2) is 33.3 Å². The highest BCUT2D eigenvalue weighted by Crippen LogP contribution is 2.63. The number of nitrogens with zero attached hydrogens (tertiary/aromatic N) is 1. The van der Waals surface area contributed by atoms with Crippen molar-refractivity contribution in [2.75, 3.05) is 6.61 Å². The highest BCUT2D eigenvalue weighted by molar-refractivity contribution is 7.55. The van der Waals surface area contributed by atoms with Crippen LogP contribution in [0, 0.1) is 23.3 Å². The van der Waals surface area contributed by atoms with Gasteiger partial charge in [-0.25, -0.2) is 18.0 Å². The zero-order valence-corrected chi connectivity index (χ0v) is 15.8. The molecule has 162 valence electrons. The van der Waals surface area contributed by atoms with Crippen molar-refractivity contribution in [3.63, 3.8) is 0 Å². The largest absolute Gasteiger partial charge is 0.573 e. The van der Waals surface area contributed by atoms with Crippen molar-refractivity contribution < 1.29 is 40.8 Å². The molecule has 1 aromatic heterocycles. The minimum atomic E-state index is -4.02. The summed E-state index contributed by atoms with van der Waals surface area (Å²) in [6, 6.07) is 0.915. The molecule has 0 radical (unpaired) electrons. The first-order valence-electron chi connectivity index (χ1n) is 8.54. The minimum Gasteiger partial charge on any atom is -0.349 e. The van der Waals surface area contributed by atoms with Crippen LogP contribution in [0.3, 0.4) is 0 Å². The summed E-state index contributed by atoms with van der Waals surface area (Å²) in [5.41, 5.74) is -2.72. The van der Waals surface area contributed by atoms with Gasteiger partial charge < -0.3 is 4.74 Å². The Hall–Kier alpha value is -2.15. The molecular formula is C16H14F4N2O7P+. The second-order valence-electron chi connectivity index (χ2n) is 6.54. The molecule has 1 aromatic carbocycles. The van der Waals surface area contributed by atoms with Crippen LogP contribution in [0.15, 0.2) is 27.9 Å². The van der Waals surface area contributed by atoms with Crippen molar-refractivity contribution in [2.24, 2.45) is 0 Å². The maximum atomic E-state index is 13.7. The first kappa shape index (κ1) is 21.1. The van der Waals surface area contributed by atoms with Crippen LogP contribution in [-0.2, 0) is 24.9 Å². The van der Waals surface area contributed by atoms with E-state index in [1.54, 1.807) is 4.98 Å².